The van der Waals surface area contributed by atoms with Gasteiger partial charge in [0.05, 0.1) is 12.6 Å². The smallest absolute Gasteiger partial charge is 0.191 e. The van der Waals surface area contributed by atoms with Gasteiger partial charge in [-0.05, 0) is 44.4 Å². The number of rotatable bonds is 5. The van der Waals surface area contributed by atoms with Crippen molar-refractivity contribution in [2.75, 3.05) is 25.0 Å². The Bertz CT molecular complexity index is 718. The van der Waals surface area contributed by atoms with Gasteiger partial charge in [-0.25, -0.2) is 4.98 Å². The summed E-state index contributed by atoms with van der Waals surface area (Å²) in [4.78, 5) is 12.4. The number of anilines is 1. The standard InChI is InChI=1S/C19H27N5S/c1-14-12-21-18(25-14)13-22-19(20-3)23-15(2)16-7-6-8-17(11-16)24-9-4-5-10-24/h6-8,11-12,15H,4-5,9-10,13H2,1-3H3,(H2,20,22,23). The second kappa shape index (κ2) is 8.34. The third kappa shape index (κ3) is 4.72. The third-order valence-electron chi connectivity index (χ3n) is 4.49. The van der Waals surface area contributed by atoms with Crippen LogP contribution in [0.1, 0.15) is 41.3 Å². The highest BCUT2D eigenvalue weighted by Crippen LogP contribution is 2.24. The normalized spacial score (nSPS) is 16.1. The van der Waals surface area contributed by atoms with E-state index in [0.29, 0.717) is 6.54 Å². The highest BCUT2D eigenvalue weighted by molar-refractivity contribution is 7.11. The van der Waals surface area contributed by atoms with Gasteiger partial charge < -0.3 is 15.5 Å². The fraction of sp³-hybridized carbons (Fsp3) is 0.474. The predicted octanol–water partition coefficient (Wildman–Crippen LogP) is 3.48. The van der Waals surface area contributed by atoms with Crippen LogP contribution < -0.4 is 15.5 Å². The molecule has 1 aromatic heterocycles. The molecule has 25 heavy (non-hydrogen) atoms. The number of aromatic nitrogens is 1. The number of aliphatic imine (C=N–C) groups is 1. The van der Waals surface area contributed by atoms with Gasteiger partial charge in [-0.2, -0.15) is 0 Å². The van der Waals surface area contributed by atoms with Crippen LogP contribution in [0.5, 0.6) is 0 Å². The van der Waals surface area contributed by atoms with Gasteiger partial charge in [-0.1, -0.05) is 12.1 Å². The van der Waals surface area contributed by atoms with Gasteiger partial charge in [0.15, 0.2) is 5.96 Å². The first kappa shape index (κ1) is 17.7. The minimum atomic E-state index is 0.187. The minimum Gasteiger partial charge on any atom is -0.372 e. The van der Waals surface area contributed by atoms with Crippen LogP contribution in [0, 0.1) is 6.92 Å². The van der Waals surface area contributed by atoms with E-state index in [9.17, 15) is 0 Å². The molecule has 0 amide bonds. The molecular formula is C19H27N5S. The first-order chi connectivity index (χ1) is 12.2. The Labute approximate surface area is 154 Å². The van der Waals surface area contributed by atoms with Crippen LogP contribution in [0.25, 0.3) is 0 Å². The van der Waals surface area contributed by atoms with Crippen molar-refractivity contribution in [3.8, 4) is 0 Å². The SMILES string of the molecule is CN=C(NCc1ncc(C)s1)NC(C)c1cccc(N2CCCC2)c1. The molecule has 2 heterocycles. The number of thiazole rings is 1. The first-order valence-corrected chi connectivity index (χ1v) is 9.71. The molecule has 0 spiro atoms. The van der Waals surface area contributed by atoms with E-state index < -0.39 is 0 Å². The van der Waals surface area contributed by atoms with Crippen molar-refractivity contribution in [3.63, 3.8) is 0 Å². The highest BCUT2D eigenvalue weighted by atomic mass is 32.1. The zero-order valence-corrected chi connectivity index (χ0v) is 16.1. The molecule has 1 aromatic carbocycles. The maximum atomic E-state index is 4.38. The summed E-state index contributed by atoms with van der Waals surface area (Å²) < 4.78 is 0. The van der Waals surface area contributed by atoms with Gasteiger partial charge in [0.25, 0.3) is 0 Å². The molecule has 134 valence electrons. The number of nitrogens with zero attached hydrogens (tertiary/aromatic N) is 3. The van der Waals surface area contributed by atoms with Gasteiger partial charge in [-0.15, -0.1) is 11.3 Å². The fourth-order valence-corrected chi connectivity index (χ4v) is 3.82. The number of hydrogen-bond acceptors (Lipinski definition) is 4. The van der Waals surface area contributed by atoms with Crippen LogP contribution in [0.4, 0.5) is 5.69 Å². The lowest BCUT2D eigenvalue weighted by atomic mass is 10.1. The molecule has 0 aliphatic carbocycles. The van der Waals surface area contributed by atoms with E-state index in [2.05, 4.69) is 63.6 Å². The highest BCUT2D eigenvalue weighted by Gasteiger charge is 2.14. The lowest BCUT2D eigenvalue weighted by Crippen LogP contribution is -2.38. The number of guanidine groups is 1. The molecule has 0 radical (unpaired) electrons. The lowest BCUT2D eigenvalue weighted by Gasteiger charge is -2.22. The third-order valence-corrected chi connectivity index (χ3v) is 5.41. The van der Waals surface area contributed by atoms with E-state index in [-0.39, 0.29) is 6.04 Å². The molecular weight excluding hydrogens is 330 g/mol. The Morgan fingerprint density at radius 3 is 2.84 bits per heavy atom. The average Bonchev–Trinajstić information content (AvgIpc) is 3.30. The first-order valence-electron chi connectivity index (χ1n) is 8.89. The average molecular weight is 358 g/mol. The molecule has 0 bridgehead atoms. The summed E-state index contributed by atoms with van der Waals surface area (Å²) in [5, 5.41) is 7.89. The Morgan fingerprint density at radius 1 is 1.36 bits per heavy atom. The van der Waals surface area contributed by atoms with Crippen LogP contribution >= 0.6 is 11.3 Å². The van der Waals surface area contributed by atoms with Gasteiger partial charge in [-0.3, -0.25) is 4.99 Å². The van der Waals surface area contributed by atoms with Gasteiger partial charge in [0.1, 0.15) is 5.01 Å². The Kier molecular flexibility index (Phi) is 5.91. The summed E-state index contributed by atoms with van der Waals surface area (Å²) in [5.74, 6) is 0.798. The molecule has 2 aromatic rings. The van der Waals surface area contributed by atoms with Crippen LogP contribution in [0.15, 0.2) is 35.5 Å². The molecule has 5 nitrogen and oxygen atoms in total. The van der Waals surface area contributed by atoms with E-state index in [0.717, 1.165) is 11.0 Å². The topological polar surface area (TPSA) is 52.6 Å². The van der Waals surface area contributed by atoms with Crippen molar-refractivity contribution in [3.05, 3.63) is 45.9 Å². The number of aryl methyl sites for hydroxylation is 1. The molecule has 1 aliphatic rings. The van der Waals surface area contributed by atoms with Crippen molar-refractivity contribution in [2.24, 2.45) is 4.99 Å². The summed E-state index contributed by atoms with van der Waals surface area (Å²) in [6.45, 7) is 7.27. The van der Waals surface area contributed by atoms with E-state index in [1.165, 1.54) is 42.1 Å². The van der Waals surface area contributed by atoms with E-state index in [1.54, 1.807) is 18.4 Å². The maximum Gasteiger partial charge on any atom is 0.191 e. The van der Waals surface area contributed by atoms with E-state index in [1.807, 2.05) is 6.20 Å². The molecule has 2 N–H and O–H groups in total. The van der Waals surface area contributed by atoms with Crippen LogP contribution in [0.2, 0.25) is 0 Å². The monoisotopic (exact) mass is 357 g/mol. The second-order valence-corrected chi connectivity index (χ2v) is 7.76. The number of benzene rings is 1. The summed E-state index contributed by atoms with van der Waals surface area (Å²) in [6.07, 6.45) is 4.50. The summed E-state index contributed by atoms with van der Waals surface area (Å²) in [7, 11) is 1.80. The predicted molar refractivity (Wildman–Crippen MR) is 106 cm³/mol. The summed E-state index contributed by atoms with van der Waals surface area (Å²) >= 11 is 1.71. The zero-order valence-electron chi connectivity index (χ0n) is 15.2. The number of nitrogens with one attached hydrogen (secondary N) is 2. The Balaban J connectivity index is 1.59. The van der Waals surface area contributed by atoms with Crippen LogP contribution in [-0.2, 0) is 6.54 Å². The van der Waals surface area contributed by atoms with E-state index >= 15 is 0 Å². The van der Waals surface area contributed by atoms with Gasteiger partial charge >= 0.3 is 0 Å². The molecule has 1 fully saturated rings. The Hall–Kier alpha value is -2.08. The number of hydrogen-bond donors (Lipinski definition) is 2. The second-order valence-electron chi connectivity index (χ2n) is 6.45. The van der Waals surface area contributed by atoms with Crippen molar-refractivity contribution in [1.29, 1.82) is 0 Å². The van der Waals surface area contributed by atoms with Crippen molar-refractivity contribution in [2.45, 2.75) is 39.3 Å². The molecule has 0 saturated carbocycles. The lowest BCUT2D eigenvalue weighted by molar-refractivity contribution is 0.684. The molecule has 1 atom stereocenters. The van der Waals surface area contributed by atoms with Gasteiger partial charge in [0.2, 0.25) is 0 Å². The maximum absolute atomic E-state index is 4.38. The quantitative estimate of drug-likeness (QED) is 0.635. The van der Waals surface area contributed by atoms with Crippen LogP contribution in [-0.4, -0.2) is 31.1 Å². The van der Waals surface area contributed by atoms with E-state index in [4.69, 9.17) is 0 Å². The Morgan fingerprint density at radius 2 is 2.16 bits per heavy atom. The fourth-order valence-electron chi connectivity index (χ4n) is 3.09. The van der Waals surface area contributed by atoms with Crippen molar-refractivity contribution >= 4 is 23.0 Å². The zero-order chi connectivity index (χ0) is 17.6. The molecule has 1 saturated heterocycles. The molecule has 1 unspecified atom stereocenters. The largest absolute Gasteiger partial charge is 0.372 e. The van der Waals surface area contributed by atoms with Crippen molar-refractivity contribution in [1.82, 2.24) is 15.6 Å². The van der Waals surface area contributed by atoms with Crippen LogP contribution in [0.3, 0.4) is 0 Å². The molecule has 1 aliphatic heterocycles. The van der Waals surface area contributed by atoms with Crippen molar-refractivity contribution < 1.29 is 0 Å². The minimum absolute atomic E-state index is 0.187. The molecule has 3 rings (SSSR count). The summed E-state index contributed by atoms with van der Waals surface area (Å²) in [6, 6.07) is 9.01. The van der Waals surface area contributed by atoms with Gasteiger partial charge in [0, 0.05) is 36.9 Å². The molecule has 6 heteroatoms. The summed E-state index contributed by atoms with van der Waals surface area (Å²) in [5.41, 5.74) is 2.60.